The van der Waals surface area contributed by atoms with E-state index in [9.17, 15) is 4.79 Å². The van der Waals surface area contributed by atoms with Gasteiger partial charge < -0.3 is 10.6 Å². The summed E-state index contributed by atoms with van der Waals surface area (Å²) in [5.41, 5.74) is 1.20. The Morgan fingerprint density at radius 2 is 2.17 bits per heavy atom. The first-order chi connectivity index (χ1) is 8.74. The minimum Gasteiger partial charge on any atom is -0.356 e. The molecule has 1 atom stereocenters. The maximum Gasteiger partial charge on any atom is 0.220 e. The Kier molecular flexibility index (Phi) is 5.02. The van der Waals surface area contributed by atoms with Gasteiger partial charge in [0.25, 0.3) is 0 Å². The Hall–Kier alpha value is -1.06. The van der Waals surface area contributed by atoms with Crippen molar-refractivity contribution in [3.05, 3.63) is 34.9 Å². The molecule has 0 spiro atoms. The van der Waals surface area contributed by atoms with E-state index < -0.39 is 0 Å². The number of hydrogen-bond acceptors (Lipinski definition) is 2. The van der Waals surface area contributed by atoms with Crippen molar-refractivity contribution in [1.29, 1.82) is 0 Å². The van der Waals surface area contributed by atoms with Crippen LogP contribution in [0.15, 0.2) is 24.3 Å². The quantitative estimate of drug-likeness (QED) is 0.856. The average Bonchev–Trinajstić information content (AvgIpc) is 2.84. The number of halogens is 1. The zero-order chi connectivity index (χ0) is 12.8. The molecule has 0 bridgehead atoms. The smallest absolute Gasteiger partial charge is 0.220 e. The third-order valence-electron chi connectivity index (χ3n) is 3.29. The molecular weight excluding hydrogens is 248 g/mol. The molecule has 0 saturated carbocycles. The van der Waals surface area contributed by atoms with Gasteiger partial charge in [0.15, 0.2) is 0 Å². The summed E-state index contributed by atoms with van der Waals surface area (Å²) in [4.78, 5) is 11.7. The molecule has 0 aromatic heterocycles. The van der Waals surface area contributed by atoms with Gasteiger partial charge in [0.1, 0.15) is 0 Å². The van der Waals surface area contributed by atoms with Crippen LogP contribution in [-0.2, 0) is 11.2 Å². The molecule has 18 heavy (non-hydrogen) atoms. The summed E-state index contributed by atoms with van der Waals surface area (Å²) in [5, 5.41) is 6.99. The first kappa shape index (κ1) is 13.4. The topological polar surface area (TPSA) is 41.1 Å². The molecule has 1 aliphatic heterocycles. The van der Waals surface area contributed by atoms with Crippen LogP contribution in [0, 0.1) is 5.92 Å². The zero-order valence-electron chi connectivity index (χ0n) is 10.4. The molecule has 2 N–H and O–H groups in total. The Bertz CT molecular complexity index is 385. The summed E-state index contributed by atoms with van der Waals surface area (Å²) in [6.45, 7) is 2.72. The van der Waals surface area contributed by atoms with Crippen molar-refractivity contribution in [3.8, 4) is 0 Å². The number of carbonyl (C=O) groups is 1. The molecule has 1 aromatic rings. The van der Waals surface area contributed by atoms with Crippen molar-refractivity contribution >= 4 is 17.5 Å². The van der Waals surface area contributed by atoms with Crippen molar-refractivity contribution < 1.29 is 4.79 Å². The van der Waals surface area contributed by atoms with E-state index in [1.54, 1.807) is 0 Å². The number of amides is 1. The molecule has 1 unspecified atom stereocenters. The molecule has 1 heterocycles. The van der Waals surface area contributed by atoms with Crippen LogP contribution in [0.5, 0.6) is 0 Å². The third-order valence-corrected chi connectivity index (χ3v) is 3.54. The molecule has 98 valence electrons. The Balaban J connectivity index is 1.65. The van der Waals surface area contributed by atoms with Gasteiger partial charge >= 0.3 is 0 Å². The van der Waals surface area contributed by atoms with Gasteiger partial charge in [0.2, 0.25) is 5.91 Å². The molecule has 1 amide bonds. The Morgan fingerprint density at radius 1 is 1.39 bits per heavy atom. The summed E-state index contributed by atoms with van der Waals surface area (Å²) < 4.78 is 0. The van der Waals surface area contributed by atoms with E-state index in [1.165, 1.54) is 5.56 Å². The van der Waals surface area contributed by atoms with E-state index in [0.717, 1.165) is 31.0 Å². The highest BCUT2D eigenvalue weighted by molar-refractivity contribution is 6.30. The minimum atomic E-state index is 0.165. The molecule has 1 fully saturated rings. The summed E-state index contributed by atoms with van der Waals surface area (Å²) >= 11 is 5.82. The van der Waals surface area contributed by atoms with Crippen LogP contribution < -0.4 is 10.6 Å². The van der Waals surface area contributed by atoms with Gasteiger partial charge in [-0.1, -0.05) is 23.7 Å². The highest BCUT2D eigenvalue weighted by Gasteiger charge is 2.17. The second-order valence-electron chi connectivity index (χ2n) is 4.79. The van der Waals surface area contributed by atoms with Crippen LogP contribution in [0.4, 0.5) is 0 Å². The van der Waals surface area contributed by atoms with Gasteiger partial charge in [-0.15, -0.1) is 0 Å². The lowest BCUT2D eigenvalue weighted by molar-refractivity contribution is -0.121. The van der Waals surface area contributed by atoms with E-state index >= 15 is 0 Å². The summed E-state index contributed by atoms with van der Waals surface area (Å²) in [6.07, 6.45) is 2.62. The number of nitrogens with one attached hydrogen (secondary N) is 2. The molecule has 1 aromatic carbocycles. The maximum atomic E-state index is 11.7. The molecule has 3 nitrogen and oxygen atoms in total. The highest BCUT2D eigenvalue weighted by Crippen LogP contribution is 2.12. The monoisotopic (exact) mass is 266 g/mol. The van der Waals surface area contributed by atoms with E-state index in [0.29, 0.717) is 18.9 Å². The van der Waals surface area contributed by atoms with Crippen molar-refractivity contribution in [2.24, 2.45) is 5.92 Å². The number of carbonyl (C=O) groups excluding carboxylic acids is 1. The summed E-state index contributed by atoms with van der Waals surface area (Å²) in [6, 6.07) is 7.75. The molecule has 1 aliphatic rings. The zero-order valence-corrected chi connectivity index (χ0v) is 11.2. The average molecular weight is 267 g/mol. The molecule has 0 aliphatic carbocycles. The first-order valence-corrected chi connectivity index (χ1v) is 6.83. The lowest BCUT2D eigenvalue weighted by Gasteiger charge is -2.09. The predicted molar refractivity (Wildman–Crippen MR) is 73.8 cm³/mol. The van der Waals surface area contributed by atoms with Crippen LogP contribution in [0.25, 0.3) is 0 Å². The third kappa shape index (κ3) is 4.31. The first-order valence-electron chi connectivity index (χ1n) is 6.46. The molecule has 4 heteroatoms. The molecule has 2 rings (SSSR count). The standard InChI is InChI=1S/C14H19ClN2O/c15-13-3-1-11(2-4-13)6-8-17-14(18)9-12-5-7-16-10-12/h1-4,12,16H,5-10H2,(H,17,18). The van der Waals surface area contributed by atoms with E-state index in [1.807, 2.05) is 24.3 Å². The van der Waals surface area contributed by atoms with Crippen LogP contribution in [0.3, 0.4) is 0 Å². The second-order valence-corrected chi connectivity index (χ2v) is 5.23. The van der Waals surface area contributed by atoms with Gasteiger partial charge in [-0.25, -0.2) is 0 Å². The van der Waals surface area contributed by atoms with Gasteiger partial charge in [-0.2, -0.15) is 0 Å². The fourth-order valence-corrected chi connectivity index (χ4v) is 2.35. The van der Waals surface area contributed by atoms with Gasteiger partial charge in [0.05, 0.1) is 0 Å². The largest absolute Gasteiger partial charge is 0.356 e. The minimum absolute atomic E-state index is 0.165. The number of hydrogen-bond donors (Lipinski definition) is 2. The maximum absolute atomic E-state index is 11.7. The SMILES string of the molecule is O=C(CC1CCNC1)NCCc1ccc(Cl)cc1. The Labute approximate surface area is 113 Å². The summed E-state index contributed by atoms with van der Waals surface area (Å²) in [5.74, 6) is 0.679. The predicted octanol–water partition coefficient (Wildman–Crippen LogP) is 2.00. The molecule has 1 saturated heterocycles. The molecule has 0 radical (unpaired) electrons. The fraction of sp³-hybridized carbons (Fsp3) is 0.500. The Morgan fingerprint density at radius 3 is 2.83 bits per heavy atom. The van der Waals surface area contributed by atoms with Crippen molar-refractivity contribution in [1.82, 2.24) is 10.6 Å². The van der Waals surface area contributed by atoms with E-state index in [-0.39, 0.29) is 5.91 Å². The fourth-order valence-electron chi connectivity index (χ4n) is 2.22. The van der Waals surface area contributed by atoms with Crippen LogP contribution >= 0.6 is 11.6 Å². The van der Waals surface area contributed by atoms with Crippen LogP contribution in [-0.4, -0.2) is 25.5 Å². The second kappa shape index (κ2) is 6.76. The van der Waals surface area contributed by atoms with Gasteiger partial charge in [-0.3, -0.25) is 4.79 Å². The van der Waals surface area contributed by atoms with Crippen molar-refractivity contribution in [2.45, 2.75) is 19.3 Å². The van der Waals surface area contributed by atoms with Gasteiger partial charge in [0, 0.05) is 18.0 Å². The lowest BCUT2D eigenvalue weighted by atomic mass is 10.0. The lowest BCUT2D eigenvalue weighted by Crippen LogP contribution is -2.28. The van der Waals surface area contributed by atoms with E-state index in [2.05, 4.69) is 10.6 Å². The van der Waals surface area contributed by atoms with Crippen molar-refractivity contribution in [3.63, 3.8) is 0 Å². The normalized spacial score (nSPS) is 18.8. The van der Waals surface area contributed by atoms with Crippen molar-refractivity contribution in [2.75, 3.05) is 19.6 Å². The highest BCUT2D eigenvalue weighted by atomic mass is 35.5. The number of benzene rings is 1. The summed E-state index contributed by atoms with van der Waals surface area (Å²) in [7, 11) is 0. The van der Waals surface area contributed by atoms with Gasteiger partial charge in [-0.05, 0) is 49.5 Å². The van der Waals surface area contributed by atoms with Crippen LogP contribution in [0.1, 0.15) is 18.4 Å². The van der Waals surface area contributed by atoms with Crippen LogP contribution in [0.2, 0.25) is 5.02 Å². The molecular formula is C14H19ClN2O. The van der Waals surface area contributed by atoms with E-state index in [4.69, 9.17) is 11.6 Å². The number of rotatable bonds is 5.